The molecule has 1 aliphatic heterocycles. The molecule has 7 heteroatoms. The Morgan fingerprint density at radius 3 is 2.63 bits per heavy atom. The Balaban J connectivity index is 1.70. The number of ether oxygens (including phenoxy) is 1. The van der Waals surface area contributed by atoms with E-state index in [9.17, 15) is 9.59 Å². The molecule has 1 saturated carbocycles. The summed E-state index contributed by atoms with van der Waals surface area (Å²) in [6.45, 7) is 5.22. The van der Waals surface area contributed by atoms with Crippen molar-refractivity contribution in [3.8, 4) is 0 Å². The maximum atomic E-state index is 12.6. The van der Waals surface area contributed by atoms with E-state index in [4.69, 9.17) is 0 Å². The molecule has 154 valence electrons. The number of esters is 1. The van der Waals surface area contributed by atoms with Crippen molar-refractivity contribution in [2.45, 2.75) is 70.8 Å². The summed E-state index contributed by atoms with van der Waals surface area (Å²) < 4.78 is 4.64. The van der Waals surface area contributed by atoms with Crippen molar-refractivity contribution in [1.29, 1.82) is 0 Å². The molecule has 27 heavy (non-hydrogen) atoms. The van der Waals surface area contributed by atoms with Crippen LogP contribution in [0.2, 0.25) is 0 Å². The molecule has 0 radical (unpaired) electrons. The molecule has 0 bridgehead atoms. The SMILES string of the molecule is CCNC(=NCCCCCC(=O)OC)NC1CCN(C(=O)C2CCCC2)C1. The number of hydrogen-bond acceptors (Lipinski definition) is 4. The number of nitrogens with zero attached hydrogens (tertiary/aromatic N) is 2. The predicted octanol–water partition coefficient (Wildman–Crippen LogP) is 2.07. The minimum atomic E-state index is -0.147. The molecule has 2 rings (SSSR count). The topological polar surface area (TPSA) is 83.0 Å². The van der Waals surface area contributed by atoms with Crippen molar-refractivity contribution < 1.29 is 14.3 Å². The minimum absolute atomic E-state index is 0.147. The summed E-state index contributed by atoms with van der Waals surface area (Å²) in [4.78, 5) is 30.3. The molecular formula is C20H36N4O3. The van der Waals surface area contributed by atoms with Crippen LogP contribution >= 0.6 is 0 Å². The molecule has 1 saturated heterocycles. The van der Waals surface area contributed by atoms with E-state index >= 15 is 0 Å². The molecule has 1 aliphatic carbocycles. The molecule has 1 amide bonds. The number of guanidine groups is 1. The number of carbonyl (C=O) groups excluding carboxylic acids is 2. The number of nitrogens with one attached hydrogen (secondary N) is 2. The lowest BCUT2D eigenvalue weighted by Crippen LogP contribution is -2.45. The van der Waals surface area contributed by atoms with E-state index in [1.54, 1.807) is 0 Å². The molecule has 0 aromatic carbocycles. The van der Waals surface area contributed by atoms with Gasteiger partial charge in [-0.05, 0) is 39.0 Å². The second kappa shape index (κ2) is 11.8. The van der Waals surface area contributed by atoms with Crippen molar-refractivity contribution >= 4 is 17.8 Å². The number of likely N-dealkylation sites (tertiary alicyclic amines) is 1. The highest BCUT2D eigenvalue weighted by atomic mass is 16.5. The van der Waals surface area contributed by atoms with E-state index in [1.165, 1.54) is 20.0 Å². The van der Waals surface area contributed by atoms with Gasteiger partial charge < -0.3 is 20.3 Å². The van der Waals surface area contributed by atoms with Crippen LogP contribution in [-0.4, -0.2) is 62.1 Å². The zero-order chi connectivity index (χ0) is 19.5. The standard InChI is InChI=1S/C20H36N4O3/c1-3-21-20(22-13-8-4-5-11-18(25)27-2)23-17-12-14-24(15-17)19(26)16-9-6-7-10-16/h16-17H,3-15H2,1-2H3,(H2,21,22,23). The van der Waals surface area contributed by atoms with E-state index in [-0.39, 0.29) is 17.9 Å². The van der Waals surface area contributed by atoms with Crippen LogP contribution in [0.15, 0.2) is 4.99 Å². The quantitative estimate of drug-likeness (QED) is 0.277. The van der Waals surface area contributed by atoms with Gasteiger partial charge in [-0.25, -0.2) is 0 Å². The Labute approximate surface area is 163 Å². The first-order valence-corrected chi connectivity index (χ1v) is 10.5. The molecule has 2 fully saturated rings. The number of aliphatic imine (C=N–C) groups is 1. The summed E-state index contributed by atoms with van der Waals surface area (Å²) in [5.74, 6) is 1.29. The molecule has 2 N–H and O–H groups in total. The maximum Gasteiger partial charge on any atom is 0.305 e. The van der Waals surface area contributed by atoms with Gasteiger partial charge in [-0.3, -0.25) is 14.6 Å². The lowest BCUT2D eigenvalue weighted by molar-refractivity contribution is -0.140. The van der Waals surface area contributed by atoms with E-state index < -0.39 is 0 Å². The van der Waals surface area contributed by atoms with Crippen molar-refractivity contribution in [2.75, 3.05) is 33.3 Å². The lowest BCUT2D eigenvalue weighted by Gasteiger charge is -2.21. The van der Waals surface area contributed by atoms with Gasteiger partial charge in [0.25, 0.3) is 0 Å². The average molecular weight is 381 g/mol. The van der Waals surface area contributed by atoms with Gasteiger partial charge in [0.05, 0.1) is 7.11 Å². The number of hydrogen-bond donors (Lipinski definition) is 2. The van der Waals surface area contributed by atoms with Crippen LogP contribution in [0.1, 0.15) is 64.7 Å². The number of unbranched alkanes of at least 4 members (excludes halogenated alkanes) is 2. The Morgan fingerprint density at radius 2 is 1.93 bits per heavy atom. The van der Waals surface area contributed by atoms with Crippen LogP contribution in [-0.2, 0) is 14.3 Å². The molecule has 0 spiro atoms. The monoisotopic (exact) mass is 380 g/mol. The van der Waals surface area contributed by atoms with Gasteiger partial charge in [0.1, 0.15) is 0 Å². The number of methoxy groups -OCH3 is 1. The first kappa shape index (κ1) is 21.5. The van der Waals surface area contributed by atoms with E-state index in [0.29, 0.717) is 12.3 Å². The Morgan fingerprint density at radius 1 is 1.15 bits per heavy atom. The van der Waals surface area contributed by atoms with E-state index in [2.05, 4.69) is 27.3 Å². The summed E-state index contributed by atoms with van der Waals surface area (Å²) in [6, 6.07) is 0.271. The Kier molecular flexibility index (Phi) is 9.42. The Hall–Kier alpha value is -1.79. The minimum Gasteiger partial charge on any atom is -0.469 e. The second-order valence-electron chi connectivity index (χ2n) is 7.54. The molecule has 1 atom stereocenters. The zero-order valence-electron chi connectivity index (χ0n) is 17.0. The number of rotatable bonds is 9. The molecule has 1 unspecified atom stereocenters. The molecule has 0 aromatic rings. The fraction of sp³-hybridized carbons (Fsp3) is 0.850. The third-order valence-corrected chi connectivity index (χ3v) is 5.43. The summed E-state index contributed by atoms with van der Waals surface area (Å²) in [7, 11) is 1.42. The van der Waals surface area contributed by atoms with Crippen molar-refractivity contribution in [1.82, 2.24) is 15.5 Å². The molecule has 0 aromatic heterocycles. The van der Waals surface area contributed by atoms with Crippen molar-refractivity contribution in [2.24, 2.45) is 10.9 Å². The second-order valence-corrected chi connectivity index (χ2v) is 7.54. The van der Waals surface area contributed by atoms with E-state index in [0.717, 1.165) is 70.7 Å². The largest absolute Gasteiger partial charge is 0.469 e. The van der Waals surface area contributed by atoms with Crippen LogP contribution in [0.4, 0.5) is 0 Å². The van der Waals surface area contributed by atoms with Gasteiger partial charge >= 0.3 is 5.97 Å². The van der Waals surface area contributed by atoms with Crippen molar-refractivity contribution in [3.63, 3.8) is 0 Å². The van der Waals surface area contributed by atoms with Crippen molar-refractivity contribution in [3.05, 3.63) is 0 Å². The highest BCUT2D eigenvalue weighted by Gasteiger charge is 2.32. The van der Waals surface area contributed by atoms with Crippen LogP contribution in [0, 0.1) is 5.92 Å². The van der Waals surface area contributed by atoms with Crippen LogP contribution in [0.3, 0.4) is 0 Å². The van der Waals surface area contributed by atoms with Crippen LogP contribution in [0.5, 0.6) is 0 Å². The van der Waals surface area contributed by atoms with Crippen LogP contribution in [0.25, 0.3) is 0 Å². The third-order valence-electron chi connectivity index (χ3n) is 5.43. The first-order chi connectivity index (χ1) is 13.1. The molecule has 1 heterocycles. The highest BCUT2D eigenvalue weighted by Crippen LogP contribution is 2.27. The van der Waals surface area contributed by atoms with Gasteiger partial charge in [-0.2, -0.15) is 0 Å². The lowest BCUT2D eigenvalue weighted by atomic mass is 10.1. The van der Waals surface area contributed by atoms with Gasteiger partial charge in [0.2, 0.25) is 5.91 Å². The highest BCUT2D eigenvalue weighted by molar-refractivity contribution is 5.81. The number of carbonyl (C=O) groups is 2. The number of amides is 1. The van der Waals surface area contributed by atoms with Crippen LogP contribution < -0.4 is 10.6 Å². The van der Waals surface area contributed by atoms with Gasteiger partial charge in [-0.15, -0.1) is 0 Å². The summed E-state index contributed by atoms with van der Waals surface area (Å²) >= 11 is 0. The van der Waals surface area contributed by atoms with Gasteiger partial charge in [-0.1, -0.05) is 19.3 Å². The zero-order valence-corrected chi connectivity index (χ0v) is 17.0. The van der Waals surface area contributed by atoms with Gasteiger partial charge in [0, 0.05) is 44.6 Å². The summed E-state index contributed by atoms with van der Waals surface area (Å²) in [5.41, 5.74) is 0. The molecule has 7 nitrogen and oxygen atoms in total. The maximum absolute atomic E-state index is 12.6. The smallest absolute Gasteiger partial charge is 0.305 e. The molecule has 2 aliphatic rings. The fourth-order valence-corrected chi connectivity index (χ4v) is 3.87. The molecular weight excluding hydrogens is 344 g/mol. The Bertz CT molecular complexity index is 503. The van der Waals surface area contributed by atoms with E-state index in [1.807, 2.05) is 4.90 Å². The first-order valence-electron chi connectivity index (χ1n) is 10.5. The normalized spacial score (nSPS) is 20.7. The van der Waals surface area contributed by atoms with Gasteiger partial charge in [0.15, 0.2) is 5.96 Å². The average Bonchev–Trinajstić information content (AvgIpc) is 3.36. The summed E-state index contributed by atoms with van der Waals surface area (Å²) in [5, 5.41) is 6.77. The fourth-order valence-electron chi connectivity index (χ4n) is 3.87. The summed E-state index contributed by atoms with van der Waals surface area (Å²) in [6.07, 6.45) is 8.72. The third kappa shape index (κ3) is 7.39. The predicted molar refractivity (Wildman–Crippen MR) is 107 cm³/mol.